The van der Waals surface area contributed by atoms with E-state index in [0.29, 0.717) is 5.92 Å². The summed E-state index contributed by atoms with van der Waals surface area (Å²) in [5, 5.41) is 13.7. The van der Waals surface area contributed by atoms with Crippen LogP contribution in [-0.4, -0.2) is 22.1 Å². The second kappa shape index (κ2) is 15.1. The Hall–Kier alpha value is -2.75. The fraction of sp³-hybridized carbons (Fsp3) is 0.444. The van der Waals surface area contributed by atoms with Crippen molar-refractivity contribution in [3.8, 4) is 0 Å². The summed E-state index contributed by atoms with van der Waals surface area (Å²) in [5.74, 6) is 0.317. The van der Waals surface area contributed by atoms with Crippen molar-refractivity contribution in [2.75, 3.05) is 0 Å². The fourth-order valence-corrected chi connectivity index (χ4v) is 3.70. The lowest BCUT2D eigenvalue weighted by Gasteiger charge is -2.23. The highest BCUT2D eigenvalue weighted by Crippen LogP contribution is 2.26. The Bertz CT molecular complexity index is 766. The van der Waals surface area contributed by atoms with Gasteiger partial charge in [0, 0.05) is 6.08 Å². The van der Waals surface area contributed by atoms with Crippen LogP contribution in [-0.2, 0) is 4.79 Å². The van der Waals surface area contributed by atoms with E-state index in [1.54, 1.807) is 6.08 Å². The third-order valence-corrected chi connectivity index (χ3v) is 5.47. The number of allylic oxidation sites excluding steroid dienone is 1. The van der Waals surface area contributed by atoms with E-state index in [0.717, 1.165) is 25.1 Å². The molecule has 0 saturated heterocycles. The second-order valence-corrected chi connectivity index (χ2v) is 8.11. The molecule has 4 heteroatoms. The molecule has 1 heterocycles. The van der Waals surface area contributed by atoms with Gasteiger partial charge in [0.15, 0.2) is 0 Å². The van der Waals surface area contributed by atoms with Gasteiger partial charge in [0.05, 0.1) is 0 Å². The molecule has 4 nitrogen and oxygen atoms in total. The Labute approximate surface area is 187 Å². The number of hydrogen-bond donors (Lipinski definition) is 2. The number of H-pyrrole nitrogens is 1. The number of carboxylic acids is 1. The van der Waals surface area contributed by atoms with E-state index >= 15 is 0 Å². The molecular formula is C27H37N2O2-. The lowest BCUT2D eigenvalue weighted by Crippen LogP contribution is -2.07. The van der Waals surface area contributed by atoms with Crippen molar-refractivity contribution in [1.29, 1.82) is 0 Å². The number of benzene rings is 1. The zero-order chi connectivity index (χ0) is 22.2. The first-order valence-electron chi connectivity index (χ1n) is 11.7. The summed E-state index contributed by atoms with van der Waals surface area (Å²) in [5.41, 5.74) is 1.22. The standard InChI is InChI=1S/C27H37N2O2/c1-2-3-4-5-6-8-14-24(17-16-23-12-9-7-10-13-23)18-19-25(20-21-27(30)31)29-26-15-11-22-28-26/h7,9-13,15-17,20-22,24-25,28H,2-6,8,14,18-19H2,1H3,(H,30,31)/q-1/b17-16+,21-20+/t24-,25-/m1/s1. The number of aromatic nitrogens is 1. The molecule has 2 rings (SSSR count). The molecule has 0 aliphatic heterocycles. The van der Waals surface area contributed by atoms with Crippen LogP contribution in [0.2, 0.25) is 0 Å². The van der Waals surface area contributed by atoms with Gasteiger partial charge in [-0.1, -0.05) is 118 Å². The Morgan fingerprint density at radius 1 is 0.968 bits per heavy atom. The molecule has 0 aliphatic carbocycles. The van der Waals surface area contributed by atoms with Gasteiger partial charge >= 0.3 is 5.97 Å². The molecule has 2 aromatic rings. The average Bonchev–Trinajstić information content (AvgIpc) is 3.29. The van der Waals surface area contributed by atoms with Gasteiger partial charge in [-0.15, -0.1) is 0 Å². The van der Waals surface area contributed by atoms with Crippen LogP contribution in [0.5, 0.6) is 0 Å². The Morgan fingerprint density at radius 3 is 2.45 bits per heavy atom. The normalized spacial score (nSPS) is 13.6. The molecule has 168 valence electrons. The van der Waals surface area contributed by atoms with Crippen LogP contribution in [0.25, 0.3) is 11.4 Å². The van der Waals surface area contributed by atoms with Gasteiger partial charge in [-0.3, -0.25) is 0 Å². The molecule has 0 saturated carbocycles. The molecule has 1 aromatic carbocycles. The van der Waals surface area contributed by atoms with Crippen LogP contribution in [0.1, 0.15) is 70.3 Å². The van der Waals surface area contributed by atoms with E-state index in [2.05, 4.69) is 53.6 Å². The number of aromatic amines is 1. The van der Waals surface area contributed by atoms with Crippen molar-refractivity contribution in [2.45, 2.75) is 70.8 Å². The smallest absolute Gasteiger partial charge is 0.327 e. The Kier molecular flexibility index (Phi) is 12.0. The molecule has 0 aliphatic rings. The highest BCUT2D eigenvalue weighted by atomic mass is 16.4. The first-order chi connectivity index (χ1) is 15.2. The molecule has 0 radical (unpaired) electrons. The zero-order valence-electron chi connectivity index (χ0n) is 18.7. The summed E-state index contributed by atoms with van der Waals surface area (Å²) < 4.78 is 0. The van der Waals surface area contributed by atoms with Crippen LogP contribution in [0, 0.1) is 5.92 Å². The summed E-state index contributed by atoms with van der Waals surface area (Å²) in [6.07, 6.45) is 20.0. The first-order valence-corrected chi connectivity index (χ1v) is 11.7. The quantitative estimate of drug-likeness (QED) is 0.214. The van der Waals surface area contributed by atoms with Gasteiger partial charge in [-0.05, 0) is 36.8 Å². The molecule has 0 spiro atoms. The first kappa shape index (κ1) is 24.5. The highest BCUT2D eigenvalue weighted by Gasteiger charge is 2.09. The lowest BCUT2D eigenvalue weighted by atomic mass is 9.92. The second-order valence-electron chi connectivity index (χ2n) is 8.11. The van der Waals surface area contributed by atoms with Crippen LogP contribution in [0.3, 0.4) is 0 Å². The Balaban J connectivity index is 1.95. The van der Waals surface area contributed by atoms with E-state index in [1.165, 1.54) is 50.2 Å². The van der Waals surface area contributed by atoms with Crippen molar-refractivity contribution < 1.29 is 9.90 Å². The number of unbranched alkanes of at least 4 members (excludes halogenated alkanes) is 5. The summed E-state index contributed by atoms with van der Waals surface area (Å²) in [6.45, 7) is 2.25. The van der Waals surface area contributed by atoms with Crippen molar-refractivity contribution in [1.82, 2.24) is 4.98 Å². The molecule has 1 aromatic heterocycles. The third-order valence-electron chi connectivity index (χ3n) is 5.47. The van der Waals surface area contributed by atoms with E-state index < -0.39 is 5.97 Å². The van der Waals surface area contributed by atoms with Crippen LogP contribution in [0.15, 0.2) is 66.9 Å². The molecule has 0 bridgehead atoms. The minimum Gasteiger partial charge on any atom is -0.478 e. The molecule has 2 atom stereocenters. The van der Waals surface area contributed by atoms with Crippen LogP contribution < -0.4 is 0 Å². The number of carbonyl (C=O) groups is 1. The summed E-state index contributed by atoms with van der Waals surface area (Å²) in [4.78, 5) is 14.1. The zero-order valence-corrected chi connectivity index (χ0v) is 18.7. The monoisotopic (exact) mass is 421 g/mol. The Morgan fingerprint density at radius 2 is 1.74 bits per heavy atom. The van der Waals surface area contributed by atoms with Gasteiger partial charge in [0.1, 0.15) is 0 Å². The maximum Gasteiger partial charge on any atom is 0.327 e. The minimum atomic E-state index is -0.931. The highest BCUT2D eigenvalue weighted by molar-refractivity contribution is 5.80. The van der Waals surface area contributed by atoms with Crippen molar-refractivity contribution in [3.63, 3.8) is 0 Å². The molecule has 0 fully saturated rings. The predicted octanol–water partition coefficient (Wildman–Crippen LogP) is 7.89. The summed E-state index contributed by atoms with van der Waals surface area (Å²) in [6, 6.07) is 14.1. The van der Waals surface area contributed by atoms with Crippen molar-refractivity contribution in [2.24, 2.45) is 5.92 Å². The van der Waals surface area contributed by atoms with Gasteiger partial charge in [0.25, 0.3) is 0 Å². The average molecular weight is 422 g/mol. The molecule has 31 heavy (non-hydrogen) atoms. The van der Waals surface area contributed by atoms with Gasteiger partial charge in [-0.25, -0.2) is 4.79 Å². The van der Waals surface area contributed by atoms with Crippen LogP contribution >= 0.6 is 0 Å². The number of hydrogen-bond acceptors (Lipinski definition) is 1. The maximum atomic E-state index is 11.0. The maximum absolute atomic E-state index is 11.0. The number of nitrogens with one attached hydrogen (secondary N) is 1. The van der Waals surface area contributed by atoms with E-state index in [1.807, 2.05) is 24.4 Å². The number of nitrogens with zero attached hydrogens (tertiary/aromatic N) is 1. The van der Waals surface area contributed by atoms with E-state index in [9.17, 15) is 4.79 Å². The lowest BCUT2D eigenvalue weighted by molar-refractivity contribution is -0.131. The molecule has 0 amide bonds. The van der Waals surface area contributed by atoms with Gasteiger partial charge < -0.3 is 15.4 Å². The predicted molar refractivity (Wildman–Crippen MR) is 131 cm³/mol. The SMILES string of the molecule is CCCCCCCC[C@H](/C=C/c1ccccc1)CC[C@H](/C=C/C(=O)O)[N-]c1ccc[nH]1. The van der Waals surface area contributed by atoms with Crippen molar-refractivity contribution in [3.05, 3.63) is 77.8 Å². The third kappa shape index (κ3) is 11.3. The van der Waals surface area contributed by atoms with E-state index in [-0.39, 0.29) is 6.04 Å². The fourth-order valence-electron chi connectivity index (χ4n) is 3.70. The van der Waals surface area contributed by atoms with Gasteiger partial charge in [-0.2, -0.15) is 0 Å². The summed E-state index contributed by atoms with van der Waals surface area (Å²) >= 11 is 0. The molecule has 2 N–H and O–H groups in total. The number of rotatable bonds is 16. The van der Waals surface area contributed by atoms with Crippen LogP contribution in [0.4, 0.5) is 5.82 Å². The summed E-state index contributed by atoms with van der Waals surface area (Å²) in [7, 11) is 0. The number of carboxylic acid groups (broad SMARTS) is 1. The molecule has 0 unspecified atom stereocenters. The topological polar surface area (TPSA) is 67.2 Å². The largest absolute Gasteiger partial charge is 0.478 e. The van der Waals surface area contributed by atoms with Crippen molar-refractivity contribution >= 4 is 17.9 Å². The minimum absolute atomic E-state index is 0.146. The molecular weight excluding hydrogens is 384 g/mol. The van der Waals surface area contributed by atoms with Gasteiger partial charge in [0.2, 0.25) is 0 Å². The number of aliphatic carboxylic acids is 1. The van der Waals surface area contributed by atoms with E-state index in [4.69, 9.17) is 5.11 Å².